The van der Waals surface area contributed by atoms with E-state index in [1.807, 2.05) is 0 Å². The van der Waals surface area contributed by atoms with Crippen LogP contribution in [0.15, 0.2) is 0 Å². The van der Waals surface area contributed by atoms with Crippen molar-refractivity contribution >= 4 is 0 Å². The van der Waals surface area contributed by atoms with Gasteiger partial charge >= 0.3 is 0 Å². The van der Waals surface area contributed by atoms with Gasteiger partial charge in [-0.3, -0.25) is 0 Å². The monoisotopic (exact) mass is 222 g/mol. The molecule has 0 aliphatic carbocycles. The Balaban J connectivity index is 3.28. The van der Waals surface area contributed by atoms with Crippen molar-refractivity contribution in [1.82, 2.24) is 0 Å². The molecule has 5 nitrogen and oxygen atoms in total. The standard InChI is InChI=1S/C10H22O5/c1-12-5-6-14-7-8-15-10(3-4-11)9-13-2/h10-11H,3-9H2,1-2H3. The van der Waals surface area contributed by atoms with Gasteiger partial charge in [0.2, 0.25) is 0 Å². The smallest absolute Gasteiger partial charge is 0.0831 e. The van der Waals surface area contributed by atoms with Crippen LogP contribution in [0.25, 0.3) is 0 Å². The minimum absolute atomic E-state index is 0.0500. The Morgan fingerprint density at radius 3 is 2.33 bits per heavy atom. The van der Waals surface area contributed by atoms with Crippen molar-refractivity contribution in [1.29, 1.82) is 0 Å². The van der Waals surface area contributed by atoms with Crippen LogP contribution >= 0.6 is 0 Å². The van der Waals surface area contributed by atoms with Crippen LogP contribution < -0.4 is 0 Å². The highest BCUT2D eigenvalue weighted by Crippen LogP contribution is 1.98. The fraction of sp³-hybridized carbons (Fsp3) is 1.00. The maximum atomic E-state index is 8.75. The van der Waals surface area contributed by atoms with Crippen molar-refractivity contribution in [2.75, 3.05) is 53.9 Å². The van der Waals surface area contributed by atoms with Crippen molar-refractivity contribution in [3.63, 3.8) is 0 Å². The zero-order chi connectivity index (χ0) is 11.4. The van der Waals surface area contributed by atoms with E-state index in [4.69, 9.17) is 24.1 Å². The fourth-order valence-electron chi connectivity index (χ4n) is 1.06. The number of ether oxygens (including phenoxy) is 4. The zero-order valence-corrected chi connectivity index (χ0v) is 9.61. The number of hydrogen-bond acceptors (Lipinski definition) is 5. The van der Waals surface area contributed by atoms with Gasteiger partial charge in [-0.1, -0.05) is 0 Å². The summed E-state index contributed by atoms with van der Waals surface area (Å²) >= 11 is 0. The third kappa shape index (κ3) is 10.1. The van der Waals surface area contributed by atoms with Gasteiger partial charge in [-0.05, 0) is 6.42 Å². The number of rotatable bonds is 11. The predicted octanol–water partition coefficient (Wildman–Crippen LogP) is 0.0634. The van der Waals surface area contributed by atoms with E-state index in [1.54, 1.807) is 14.2 Å². The fourth-order valence-corrected chi connectivity index (χ4v) is 1.06. The zero-order valence-electron chi connectivity index (χ0n) is 9.61. The molecule has 0 heterocycles. The van der Waals surface area contributed by atoms with Crippen LogP contribution in [0.5, 0.6) is 0 Å². The van der Waals surface area contributed by atoms with Gasteiger partial charge in [0.15, 0.2) is 0 Å². The third-order valence-corrected chi connectivity index (χ3v) is 1.82. The Bertz CT molecular complexity index is 114. The Hall–Kier alpha value is -0.200. The van der Waals surface area contributed by atoms with Crippen LogP contribution in [-0.4, -0.2) is 65.1 Å². The molecule has 0 saturated heterocycles. The molecule has 0 amide bonds. The van der Waals surface area contributed by atoms with Gasteiger partial charge in [-0.25, -0.2) is 0 Å². The maximum Gasteiger partial charge on any atom is 0.0831 e. The van der Waals surface area contributed by atoms with Gasteiger partial charge in [-0.2, -0.15) is 0 Å². The average Bonchev–Trinajstić information content (AvgIpc) is 2.24. The molecule has 0 aliphatic rings. The molecule has 92 valence electrons. The topological polar surface area (TPSA) is 57.2 Å². The summed E-state index contributed by atoms with van der Waals surface area (Å²) in [6.07, 6.45) is 0.539. The summed E-state index contributed by atoms with van der Waals surface area (Å²) in [4.78, 5) is 0. The summed E-state index contributed by atoms with van der Waals surface area (Å²) in [5.74, 6) is 0. The van der Waals surface area contributed by atoms with Gasteiger partial charge in [0.25, 0.3) is 0 Å². The lowest BCUT2D eigenvalue weighted by molar-refractivity contribution is -0.0414. The summed E-state index contributed by atoms with van der Waals surface area (Å²) in [6, 6.07) is 0. The Morgan fingerprint density at radius 2 is 1.73 bits per heavy atom. The first-order chi connectivity index (χ1) is 7.35. The SMILES string of the molecule is COCCOCCOC(CCO)COC. The summed E-state index contributed by atoms with van der Waals surface area (Å²) in [6.45, 7) is 2.83. The molecular weight excluding hydrogens is 200 g/mol. The molecular formula is C10H22O5. The minimum atomic E-state index is -0.0500. The molecule has 0 aromatic heterocycles. The Labute approximate surface area is 91.3 Å². The molecule has 0 radical (unpaired) electrons. The van der Waals surface area contributed by atoms with E-state index in [1.165, 1.54) is 0 Å². The second-order valence-electron chi connectivity index (χ2n) is 3.07. The van der Waals surface area contributed by atoms with E-state index in [0.717, 1.165) is 0 Å². The highest BCUT2D eigenvalue weighted by molar-refractivity contribution is 4.55. The van der Waals surface area contributed by atoms with E-state index < -0.39 is 0 Å². The predicted molar refractivity (Wildman–Crippen MR) is 56.0 cm³/mol. The molecule has 0 saturated carbocycles. The van der Waals surface area contributed by atoms with E-state index in [9.17, 15) is 0 Å². The summed E-state index contributed by atoms with van der Waals surface area (Å²) in [5.41, 5.74) is 0. The maximum absolute atomic E-state index is 8.75. The third-order valence-electron chi connectivity index (χ3n) is 1.82. The van der Waals surface area contributed by atoms with Crippen LogP contribution in [-0.2, 0) is 18.9 Å². The van der Waals surface area contributed by atoms with Gasteiger partial charge in [0.1, 0.15) is 0 Å². The van der Waals surface area contributed by atoms with Gasteiger partial charge in [0.05, 0.1) is 39.1 Å². The molecule has 0 aromatic carbocycles. The lowest BCUT2D eigenvalue weighted by Gasteiger charge is -2.15. The first-order valence-electron chi connectivity index (χ1n) is 5.13. The van der Waals surface area contributed by atoms with Gasteiger partial charge in [-0.15, -0.1) is 0 Å². The molecule has 1 unspecified atom stereocenters. The molecule has 0 rings (SSSR count). The van der Waals surface area contributed by atoms with Crippen molar-refractivity contribution < 1.29 is 24.1 Å². The molecule has 1 atom stereocenters. The lowest BCUT2D eigenvalue weighted by atomic mass is 10.3. The van der Waals surface area contributed by atoms with Crippen LogP contribution in [0, 0.1) is 0 Å². The van der Waals surface area contributed by atoms with Crippen molar-refractivity contribution in [3.8, 4) is 0 Å². The van der Waals surface area contributed by atoms with Crippen LogP contribution in [0.4, 0.5) is 0 Å². The second-order valence-corrected chi connectivity index (χ2v) is 3.07. The Kier molecular flexibility index (Phi) is 11.7. The molecule has 1 N–H and O–H groups in total. The van der Waals surface area contributed by atoms with Crippen LogP contribution in [0.2, 0.25) is 0 Å². The molecule has 0 aliphatic heterocycles. The second kappa shape index (κ2) is 11.9. The average molecular weight is 222 g/mol. The normalized spacial score (nSPS) is 13.0. The molecule has 0 fully saturated rings. The molecule has 15 heavy (non-hydrogen) atoms. The summed E-state index contributed by atoms with van der Waals surface area (Å²) in [5, 5.41) is 8.75. The molecule has 0 aromatic rings. The molecule has 0 spiro atoms. The lowest BCUT2D eigenvalue weighted by Crippen LogP contribution is -2.23. The number of aliphatic hydroxyl groups excluding tert-OH is 1. The number of methoxy groups -OCH3 is 2. The summed E-state index contributed by atoms with van der Waals surface area (Å²) < 4.78 is 20.5. The van der Waals surface area contributed by atoms with Crippen molar-refractivity contribution in [2.45, 2.75) is 12.5 Å². The quantitative estimate of drug-likeness (QED) is 0.501. The highest BCUT2D eigenvalue weighted by atomic mass is 16.6. The Morgan fingerprint density at radius 1 is 1.00 bits per heavy atom. The highest BCUT2D eigenvalue weighted by Gasteiger charge is 2.07. The van der Waals surface area contributed by atoms with E-state index >= 15 is 0 Å². The minimum Gasteiger partial charge on any atom is -0.396 e. The summed E-state index contributed by atoms with van der Waals surface area (Å²) in [7, 11) is 3.25. The van der Waals surface area contributed by atoms with E-state index in [0.29, 0.717) is 39.5 Å². The largest absolute Gasteiger partial charge is 0.396 e. The van der Waals surface area contributed by atoms with Crippen LogP contribution in [0.3, 0.4) is 0 Å². The first-order valence-corrected chi connectivity index (χ1v) is 5.13. The van der Waals surface area contributed by atoms with E-state index in [-0.39, 0.29) is 12.7 Å². The first kappa shape index (κ1) is 14.8. The van der Waals surface area contributed by atoms with Crippen LogP contribution in [0.1, 0.15) is 6.42 Å². The van der Waals surface area contributed by atoms with Crippen molar-refractivity contribution in [2.24, 2.45) is 0 Å². The number of hydrogen-bond donors (Lipinski definition) is 1. The van der Waals surface area contributed by atoms with Gasteiger partial charge < -0.3 is 24.1 Å². The molecule has 5 heteroatoms. The number of aliphatic hydroxyl groups is 1. The molecule has 0 bridgehead atoms. The van der Waals surface area contributed by atoms with Gasteiger partial charge in [0, 0.05) is 20.8 Å². The van der Waals surface area contributed by atoms with E-state index in [2.05, 4.69) is 0 Å². The van der Waals surface area contributed by atoms with Crippen molar-refractivity contribution in [3.05, 3.63) is 0 Å².